The molecule has 1 heterocycles. The van der Waals surface area contributed by atoms with Gasteiger partial charge in [0.25, 0.3) is 5.91 Å². The normalized spacial score (nSPS) is 26.0. The summed E-state index contributed by atoms with van der Waals surface area (Å²) in [5, 5.41) is 9.82. The molecule has 0 saturated heterocycles. The zero-order chi connectivity index (χ0) is 20.7. The first-order chi connectivity index (χ1) is 13.9. The number of fused-ring (bicyclic) bond motifs is 1. The summed E-state index contributed by atoms with van der Waals surface area (Å²) in [5.41, 5.74) is 13.7. The van der Waals surface area contributed by atoms with Gasteiger partial charge in [-0.15, -0.1) is 0 Å². The standard InChI is InChI=1S/C22H25N3O4/c1-29-17(11-5-3-2-4-6-11)8-12-7-16(21(23)27)19(20(25-12)22(24)28)18-14-9-13(26)10-15(14)18/h2-7,13-15,17-18,26H,8-10H2,1H3,(H2,23,27)(H2,24,28)/t13?,14-,15+,17?,18?. The molecule has 1 aromatic carbocycles. The molecule has 3 unspecified atom stereocenters. The summed E-state index contributed by atoms with van der Waals surface area (Å²) in [6, 6.07) is 11.3. The van der Waals surface area contributed by atoms with Crippen molar-refractivity contribution in [3.05, 3.63) is 64.5 Å². The van der Waals surface area contributed by atoms with Crippen LogP contribution >= 0.6 is 0 Å². The van der Waals surface area contributed by atoms with Gasteiger partial charge in [-0.2, -0.15) is 0 Å². The Bertz CT molecular complexity index is 899. The first-order valence-corrected chi connectivity index (χ1v) is 9.80. The summed E-state index contributed by atoms with van der Waals surface area (Å²) in [4.78, 5) is 29.0. The van der Waals surface area contributed by atoms with Gasteiger partial charge < -0.3 is 21.3 Å². The number of aliphatic hydroxyl groups excluding tert-OH is 1. The van der Waals surface area contributed by atoms with Crippen LogP contribution in [0.4, 0.5) is 0 Å². The van der Waals surface area contributed by atoms with Crippen molar-refractivity contribution in [1.29, 1.82) is 0 Å². The first-order valence-electron chi connectivity index (χ1n) is 9.80. The molecule has 1 aromatic heterocycles. The van der Waals surface area contributed by atoms with E-state index in [1.807, 2.05) is 30.3 Å². The Hall–Kier alpha value is -2.77. The van der Waals surface area contributed by atoms with Crippen molar-refractivity contribution < 1.29 is 19.4 Å². The summed E-state index contributed by atoms with van der Waals surface area (Å²) in [5.74, 6) is -0.805. The van der Waals surface area contributed by atoms with Crippen LogP contribution < -0.4 is 11.5 Å². The lowest BCUT2D eigenvalue weighted by Gasteiger charge is -2.19. The largest absolute Gasteiger partial charge is 0.393 e. The van der Waals surface area contributed by atoms with E-state index < -0.39 is 11.8 Å². The molecule has 2 amide bonds. The van der Waals surface area contributed by atoms with E-state index in [0.717, 1.165) is 5.56 Å². The predicted molar refractivity (Wildman–Crippen MR) is 106 cm³/mol. The zero-order valence-electron chi connectivity index (χ0n) is 16.2. The van der Waals surface area contributed by atoms with Crippen molar-refractivity contribution in [3.8, 4) is 0 Å². The SMILES string of the molecule is COC(Cc1cc(C(N)=O)c(C2[C@H]3CC(O)C[C@@H]23)c(C(N)=O)n1)c1ccccc1. The number of primary amides is 2. The number of rotatable bonds is 7. The second-order valence-corrected chi connectivity index (χ2v) is 7.97. The number of amides is 2. The van der Waals surface area contributed by atoms with Crippen LogP contribution in [0.1, 0.15) is 62.5 Å². The molecular weight excluding hydrogens is 370 g/mol. The molecule has 4 rings (SSSR count). The van der Waals surface area contributed by atoms with Gasteiger partial charge >= 0.3 is 0 Å². The van der Waals surface area contributed by atoms with Crippen LogP contribution in [0.5, 0.6) is 0 Å². The van der Waals surface area contributed by atoms with Gasteiger partial charge in [0.2, 0.25) is 5.91 Å². The van der Waals surface area contributed by atoms with Crippen molar-refractivity contribution >= 4 is 11.8 Å². The molecule has 0 radical (unpaired) electrons. The summed E-state index contributed by atoms with van der Waals surface area (Å²) in [6.45, 7) is 0. The van der Waals surface area contributed by atoms with Crippen molar-refractivity contribution in [1.82, 2.24) is 4.98 Å². The molecular formula is C22H25N3O4. The fourth-order valence-corrected chi connectivity index (χ4v) is 4.88. The lowest BCUT2D eigenvalue weighted by molar-refractivity contribution is 0.0982. The third kappa shape index (κ3) is 3.63. The fourth-order valence-electron chi connectivity index (χ4n) is 4.88. The molecule has 0 aliphatic heterocycles. The molecule has 0 spiro atoms. The highest BCUT2D eigenvalue weighted by Gasteiger charge is 2.58. The highest BCUT2D eigenvalue weighted by Crippen LogP contribution is 2.64. The Labute approximate surface area is 169 Å². The maximum Gasteiger partial charge on any atom is 0.267 e. The maximum atomic E-state index is 12.3. The quantitative estimate of drug-likeness (QED) is 0.657. The number of benzene rings is 1. The second-order valence-electron chi connectivity index (χ2n) is 7.97. The van der Waals surface area contributed by atoms with E-state index in [-0.39, 0.29) is 35.7 Å². The van der Waals surface area contributed by atoms with Crippen LogP contribution in [-0.2, 0) is 11.2 Å². The number of methoxy groups -OCH3 is 1. The molecule has 5 atom stereocenters. The molecule has 152 valence electrons. The van der Waals surface area contributed by atoms with Crippen molar-refractivity contribution in [2.45, 2.75) is 37.4 Å². The number of ether oxygens (including phenoxy) is 1. The number of carbonyl (C=O) groups excluding carboxylic acids is 2. The molecule has 2 saturated carbocycles. The molecule has 2 aliphatic carbocycles. The third-order valence-corrected chi connectivity index (χ3v) is 6.21. The fraction of sp³-hybridized carbons (Fsp3) is 0.409. The van der Waals surface area contributed by atoms with E-state index in [0.29, 0.717) is 36.1 Å². The summed E-state index contributed by atoms with van der Waals surface area (Å²) < 4.78 is 5.60. The Morgan fingerprint density at radius 3 is 2.38 bits per heavy atom. The summed E-state index contributed by atoms with van der Waals surface area (Å²) >= 11 is 0. The molecule has 0 bridgehead atoms. The Morgan fingerprint density at radius 2 is 1.83 bits per heavy atom. The third-order valence-electron chi connectivity index (χ3n) is 6.21. The van der Waals surface area contributed by atoms with Gasteiger partial charge in [0.15, 0.2) is 0 Å². The van der Waals surface area contributed by atoms with Gasteiger partial charge in [0.1, 0.15) is 5.69 Å². The minimum atomic E-state index is -0.677. The van der Waals surface area contributed by atoms with E-state index >= 15 is 0 Å². The second kappa shape index (κ2) is 7.57. The number of hydrogen-bond acceptors (Lipinski definition) is 5. The van der Waals surface area contributed by atoms with Gasteiger partial charge in [-0.25, -0.2) is 4.98 Å². The van der Waals surface area contributed by atoms with Gasteiger partial charge in [-0.05, 0) is 47.8 Å². The Morgan fingerprint density at radius 1 is 1.17 bits per heavy atom. The topological polar surface area (TPSA) is 129 Å². The molecule has 2 aliphatic rings. The van der Waals surface area contributed by atoms with Crippen molar-refractivity contribution in [2.75, 3.05) is 7.11 Å². The molecule has 7 heteroatoms. The number of pyridine rings is 1. The zero-order valence-corrected chi connectivity index (χ0v) is 16.2. The maximum absolute atomic E-state index is 12.3. The Kier molecular flexibility index (Phi) is 5.10. The molecule has 5 N–H and O–H groups in total. The molecule has 29 heavy (non-hydrogen) atoms. The average Bonchev–Trinajstić information content (AvgIpc) is 3.20. The lowest BCUT2D eigenvalue weighted by atomic mass is 9.93. The van der Waals surface area contributed by atoms with Gasteiger partial charge in [0, 0.05) is 24.8 Å². The molecule has 7 nitrogen and oxygen atoms in total. The lowest BCUT2D eigenvalue weighted by Crippen LogP contribution is -2.24. The van der Waals surface area contributed by atoms with Gasteiger partial charge in [0.05, 0.1) is 12.2 Å². The van der Waals surface area contributed by atoms with Crippen molar-refractivity contribution in [3.63, 3.8) is 0 Å². The monoisotopic (exact) mass is 395 g/mol. The van der Waals surface area contributed by atoms with Crippen LogP contribution in [0.15, 0.2) is 36.4 Å². The van der Waals surface area contributed by atoms with E-state index in [1.54, 1.807) is 13.2 Å². The van der Waals surface area contributed by atoms with Crippen LogP contribution in [-0.4, -0.2) is 35.1 Å². The summed E-state index contributed by atoms with van der Waals surface area (Å²) in [6.07, 6.45) is 1.08. The van der Waals surface area contributed by atoms with Crippen LogP contribution in [0.25, 0.3) is 0 Å². The highest BCUT2D eigenvalue weighted by molar-refractivity contribution is 6.00. The van der Waals surface area contributed by atoms with Gasteiger partial charge in [-0.1, -0.05) is 30.3 Å². The van der Waals surface area contributed by atoms with Crippen LogP contribution in [0.3, 0.4) is 0 Å². The first kappa shape index (κ1) is 19.5. The van der Waals surface area contributed by atoms with E-state index in [1.165, 1.54) is 0 Å². The number of nitrogens with zero attached hydrogens (tertiary/aromatic N) is 1. The number of aliphatic hydroxyl groups is 1. The van der Waals surface area contributed by atoms with Crippen LogP contribution in [0, 0.1) is 11.8 Å². The van der Waals surface area contributed by atoms with E-state index in [2.05, 4.69) is 4.98 Å². The predicted octanol–water partition coefficient (Wildman–Crippen LogP) is 1.69. The number of hydrogen-bond donors (Lipinski definition) is 3. The summed E-state index contributed by atoms with van der Waals surface area (Å²) in [7, 11) is 1.60. The molecule has 2 fully saturated rings. The molecule has 2 aromatic rings. The minimum absolute atomic E-state index is 0.00250. The van der Waals surface area contributed by atoms with Gasteiger partial charge in [-0.3, -0.25) is 9.59 Å². The average molecular weight is 395 g/mol. The van der Waals surface area contributed by atoms with E-state index in [9.17, 15) is 14.7 Å². The van der Waals surface area contributed by atoms with Crippen molar-refractivity contribution in [2.24, 2.45) is 23.3 Å². The number of nitrogens with two attached hydrogens (primary N) is 2. The highest BCUT2D eigenvalue weighted by atomic mass is 16.5. The minimum Gasteiger partial charge on any atom is -0.393 e. The smallest absolute Gasteiger partial charge is 0.267 e. The number of aromatic nitrogens is 1. The Balaban J connectivity index is 1.71. The van der Waals surface area contributed by atoms with Crippen LogP contribution in [0.2, 0.25) is 0 Å². The van der Waals surface area contributed by atoms with E-state index in [4.69, 9.17) is 16.2 Å². The number of carbonyl (C=O) groups is 2.